The molecule has 0 saturated carbocycles. The Hall–Kier alpha value is -1.59. The zero-order valence-corrected chi connectivity index (χ0v) is 11.6. The van der Waals surface area contributed by atoms with Crippen LogP contribution >= 0.6 is 0 Å². The molecule has 0 unspecified atom stereocenters. The maximum Gasteiger partial charge on any atom is 0.260 e. The second-order valence-electron chi connectivity index (χ2n) is 4.87. The van der Waals surface area contributed by atoms with E-state index in [-0.39, 0.29) is 25.0 Å². The molecule has 0 heterocycles. The smallest absolute Gasteiger partial charge is 0.260 e. The topological polar surface area (TPSA) is 79.8 Å². The number of nitrogens with zero attached hydrogens (tertiary/aromatic N) is 1. The van der Waals surface area contributed by atoms with Crippen molar-refractivity contribution in [3.05, 3.63) is 0 Å². The van der Waals surface area contributed by atoms with E-state index in [2.05, 4.69) is 15.8 Å². The zero-order valence-electron chi connectivity index (χ0n) is 11.6. The molecule has 0 aromatic rings. The SMILES string of the molecule is CCCNC(=O)CON=CCNC(=O)C(C)(C)C. The number of rotatable bonds is 7. The van der Waals surface area contributed by atoms with Gasteiger partial charge in [-0.3, -0.25) is 9.59 Å². The molecule has 0 bridgehead atoms. The van der Waals surface area contributed by atoms with Crippen LogP contribution in [0.25, 0.3) is 0 Å². The number of oxime groups is 1. The van der Waals surface area contributed by atoms with Crippen molar-refractivity contribution in [2.75, 3.05) is 19.7 Å². The Balaban J connectivity index is 3.61. The molecular formula is C12H23N3O3. The molecule has 0 aromatic carbocycles. The Morgan fingerprint density at radius 1 is 1.28 bits per heavy atom. The summed E-state index contributed by atoms with van der Waals surface area (Å²) in [5, 5.41) is 8.90. The lowest BCUT2D eigenvalue weighted by atomic mass is 9.96. The van der Waals surface area contributed by atoms with E-state index in [4.69, 9.17) is 4.84 Å². The average molecular weight is 257 g/mol. The Labute approximate surface area is 108 Å². The summed E-state index contributed by atoms with van der Waals surface area (Å²) in [4.78, 5) is 27.3. The Kier molecular flexibility index (Phi) is 7.74. The number of hydrogen-bond donors (Lipinski definition) is 2. The quantitative estimate of drug-likeness (QED) is 0.520. The lowest BCUT2D eigenvalue weighted by molar-refractivity contribution is -0.128. The minimum atomic E-state index is -0.422. The minimum Gasteiger partial charge on any atom is -0.386 e. The molecule has 0 saturated heterocycles. The predicted molar refractivity (Wildman–Crippen MR) is 70.2 cm³/mol. The molecule has 0 radical (unpaired) electrons. The first-order chi connectivity index (χ1) is 8.38. The van der Waals surface area contributed by atoms with Crippen molar-refractivity contribution in [2.24, 2.45) is 10.6 Å². The van der Waals surface area contributed by atoms with Gasteiger partial charge in [0.1, 0.15) is 0 Å². The van der Waals surface area contributed by atoms with E-state index in [1.807, 2.05) is 27.7 Å². The Bertz CT molecular complexity index is 295. The first kappa shape index (κ1) is 16.4. The molecule has 2 amide bonds. The van der Waals surface area contributed by atoms with Crippen molar-refractivity contribution >= 4 is 18.0 Å². The largest absolute Gasteiger partial charge is 0.386 e. The van der Waals surface area contributed by atoms with Crippen molar-refractivity contribution < 1.29 is 14.4 Å². The van der Waals surface area contributed by atoms with Gasteiger partial charge in [-0.15, -0.1) is 0 Å². The highest BCUT2D eigenvalue weighted by atomic mass is 16.6. The standard InChI is InChI=1S/C12H23N3O3/c1-5-6-13-10(16)9-18-15-8-7-14-11(17)12(2,3)4/h8H,5-7,9H2,1-4H3,(H,13,16)(H,14,17). The maximum absolute atomic E-state index is 11.4. The van der Waals surface area contributed by atoms with Crippen LogP contribution in [0.3, 0.4) is 0 Å². The average Bonchev–Trinajstić information content (AvgIpc) is 2.29. The fourth-order valence-electron chi connectivity index (χ4n) is 0.905. The minimum absolute atomic E-state index is 0.0605. The molecule has 0 rings (SSSR count). The first-order valence-electron chi connectivity index (χ1n) is 6.06. The number of carbonyl (C=O) groups is 2. The van der Waals surface area contributed by atoms with Gasteiger partial charge in [-0.1, -0.05) is 32.9 Å². The van der Waals surface area contributed by atoms with E-state index in [0.717, 1.165) is 6.42 Å². The van der Waals surface area contributed by atoms with E-state index >= 15 is 0 Å². The monoisotopic (exact) mass is 257 g/mol. The number of amides is 2. The Morgan fingerprint density at radius 3 is 2.50 bits per heavy atom. The summed E-state index contributed by atoms with van der Waals surface area (Å²) >= 11 is 0. The summed E-state index contributed by atoms with van der Waals surface area (Å²) < 4.78 is 0. The van der Waals surface area contributed by atoms with Crippen LogP contribution in [0.5, 0.6) is 0 Å². The summed E-state index contributed by atoms with van der Waals surface area (Å²) in [7, 11) is 0. The molecule has 0 spiro atoms. The predicted octanol–water partition coefficient (Wildman–Crippen LogP) is 0.677. The fraction of sp³-hybridized carbons (Fsp3) is 0.750. The van der Waals surface area contributed by atoms with Gasteiger partial charge in [-0.05, 0) is 6.42 Å². The van der Waals surface area contributed by atoms with Gasteiger partial charge in [-0.25, -0.2) is 0 Å². The summed E-state index contributed by atoms with van der Waals surface area (Å²) in [6.07, 6.45) is 2.30. The number of nitrogens with one attached hydrogen (secondary N) is 2. The summed E-state index contributed by atoms with van der Waals surface area (Å²) in [5.74, 6) is -0.262. The van der Waals surface area contributed by atoms with Crippen molar-refractivity contribution in [1.29, 1.82) is 0 Å². The molecule has 0 fully saturated rings. The number of carbonyl (C=O) groups excluding carboxylic acids is 2. The van der Waals surface area contributed by atoms with Crippen LogP contribution in [0, 0.1) is 5.41 Å². The molecule has 6 heteroatoms. The highest BCUT2D eigenvalue weighted by Gasteiger charge is 2.19. The van der Waals surface area contributed by atoms with E-state index in [0.29, 0.717) is 6.54 Å². The summed E-state index contributed by atoms with van der Waals surface area (Å²) in [6.45, 7) is 8.26. The van der Waals surface area contributed by atoms with Crippen LogP contribution in [-0.2, 0) is 14.4 Å². The summed E-state index contributed by atoms with van der Waals surface area (Å²) in [6, 6.07) is 0. The van der Waals surface area contributed by atoms with Gasteiger partial charge in [0, 0.05) is 12.0 Å². The molecule has 0 aliphatic rings. The van der Waals surface area contributed by atoms with Crippen molar-refractivity contribution in [3.63, 3.8) is 0 Å². The van der Waals surface area contributed by atoms with Crippen LogP contribution < -0.4 is 10.6 Å². The molecular weight excluding hydrogens is 234 g/mol. The second kappa shape index (κ2) is 8.49. The molecule has 104 valence electrons. The Morgan fingerprint density at radius 2 is 1.94 bits per heavy atom. The zero-order chi connectivity index (χ0) is 14.0. The van der Waals surface area contributed by atoms with E-state index in [1.54, 1.807) is 0 Å². The highest BCUT2D eigenvalue weighted by Crippen LogP contribution is 2.11. The van der Waals surface area contributed by atoms with Crippen LogP contribution in [0.4, 0.5) is 0 Å². The van der Waals surface area contributed by atoms with Gasteiger partial charge in [0.15, 0.2) is 6.61 Å². The third-order valence-corrected chi connectivity index (χ3v) is 1.95. The summed E-state index contributed by atoms with van der Waals surface area (Å²) in [5.41, 5.74) is -0.422. The fourth-order valence-corrected chi connectivity index (χ4v) is 0.905. The van der Waals surface area contributed by atoms with Gasteiger partial charge in [-0.2, -0.15) is 0 Å². The van der Waals surface area contributed by atoms with E-state index in [1.165, 1.54) is 6.21 Å². The van der Waals surface area contributed by atoms with Crippen LogP contribution in [0.1, 0.15) is 34.1 Å². The number of hydrogen-bond acceptors (Lipinski definition) is 4. The second-order valence-corrected chi connectivity index (χ2v) is 4.87. The highest BCUT2D eigenvalue weighted by molar-refractivity contribution is 5.83. The van der Waals surface area contributed by atoms with Crippen molar-refractivity contribution in [2.45, 2.75) is 34.1 Å². The lowest BCUT2D eigenvalue weighted by Gasteiger charge is -2.16. The lowest BCUT2D eigenvalue weighted by Crippen LogP contribution is -2.35. The van der Waals surface area contributed by atoms with E-state index < -0.39 is 5.41 Å². The van der Waals surface area contributed by atoms with Crippen LogP contribution in [0.15, 0.2) is 5.16 Å². The molecule has 0 atom stereocenters. The van der Waals surface area contributed by atoms with Crippen molar-refractivity contribution in [1.82, 2.24) is 10.6 Å². The molecule has 6 nitrogen and oxygen atoms in total. The van der Waals surface area contributed by atoms with Crippen LogP contribution in [0.2, 0.25) is 0 Å². The van der Waals surface area contributed by atoms with Gasteiger partial charge in [0.05, 0.1) is 12.8 Å². The van der Waals surface area contributed by atoms with Crippen LogP contribution in [-0.4, -0.2) is 37.7 Å². The van der Waals surface area contributed by atoms with Gasteiger partial charge < -0.3 is 15.5 Å². The molecule has 0 aliphatic carbocycles. The van der Waals surface area contributed by atoms with Crippen molar-refractivity contribution in [3.8, 4) is 0 Å². The van der Waals surface area contributed by atoms with Gasteiger partial charge in [0.25, 0.3) is 5.91 Å². The van der Waals surface area contributed by atoms with Gasteiger partial charge >= 0.3 is 0 Å². The van der Waals surface area contributed by atoms with Gasteiger partial charge in [0.2, 0.25) is 5.91 Å². The third kappa shape index (κ3) is 8.55. The normalized spacial score (nSPS) is 11.3. The molecule has 18 heavy (non-hydrogen) atoms. The third-order valence-electron chi connectivity index (χ3n) is 1.95. The van der Waals surface area contributed by atoms with E-state index in [9.17, 15) is 9.59 Å². The molecule has 0 aromatic heterocycles. The molecule has 0 aliphatic heterocycles. The first-order valence-corrected chi connectivity index (χ1v) is 6.06. The molecule has 2 N–H and O–H groups in total. The maximum atomic E-state index is 11.4.